The predicted octanol–water partition coefficient (Wildman–Crippen LogP) is 5.11. The summed E-state index contributed by atoms with van der Waals surface area (Å²) in [7, 11) is 0. The molecule has 0 spiro atoms. The number of rotatable bonds is 5. The molecule has 1 saturated carbocycles. The Balaban J connectivity index is 1.70. The van der Waals surface area contributed by atoms with Gasteiger partial charge in [0.05, 0.1) is 19.0 Å². The lowest BCUT2D eigenvalue weighted by Crippen LogP contribution is -2.48. The lowest BCUT2D eigenvalue weighted by molar-refractivity contribution is -0.00126. The lowest BCUT2D eigenvalue weighted by Gasteiger charge is -2.55. The van der Waals surface area contributed by atoms with Gasteiger partial charge in [0.25, 0.3) is 0 Å². The van der Waals surface area contributed by atoms with Gasteiger partial charge in [-0.05, 0) is 54.7 Å². The second-order valence-electron chi connectivity index (χ2n) is 7.96. The average molecular weight is 368 g/mol. The topological polar surface area (TPSA) is 42.8 Å². The fraction of sp³-hybridized carbons (Fsp3) is 0.429. The van der Waals surface area contributed by atoms with E-state index in [-0.39, 0.29) is 0 Å². The highest BCUT2D eigenvalue weighted by Gasteiger charge is 2.50. The Labute approximate surface area is 158 Å². The van der Waals surface area contributed by atoms with Crippen LogP contribution in [0.2, 0.25) is 0 Å². The molecule has 136 valence electrons. The Morgan fingerprint density at radius 1 is 1.50 bits per heavy atom. The van der Waals surface area contributed by atoms with E-state index >= 15 is 0 Å². The Bertz CT molecular complexity index is 940. The molecule has 0 radical (unpaired) electrons. The molecule has 4 nitrogen and oxygen atoms in total. The number of furan rings is 1. The molecular weight excluding hydrogens is 342 g/mol. The van der Waals surface area contributed by atoms with Gasteiger partial charge in [-0.1, -0.05) is 32.1 Å². The van der Waals surface area contributed by atoms with Gasteiger partial charge in [-0.2, -0.15) is 5.10 Å². The molecule has 2 heterocycles. The van der Waals surface area contributed by atoms with Crippen molar-refractivity contribution in [3.05, 3.63) is 52.4 Å². The van der Waals surface area contributed by atoms with Crippen LogP contribution < -0.4 is 4.80 Å². The van der Waals surface area contributed by atoms with Crippen molar-refractivity contribution < 1.29 is 4.42 Å². The van der Waals surface area contributed by atoms with Crippen molar-refractivity contribution in [3.63, 3.8) is 0 Å². The van der Waals surface area contributed by atoms with Crippen molar-refractivity contribution in [2.75, 3.05) is 6.54 Å². The first-order valence-corrected chi connectivity index (χ1v) is 9.98. The van der Waals surface area contributed by atoms with Gasteiger partial charge in [0.15, 0.2) is 5.76 Å². The maximum Gasteiger partial charge on any atom is 0.206 e. The summed E-state index contributed by atoms with van der Waals surface area (Å²) in [4.78, 5) is 5.52. The molecule has 26 heavy (non-hydrogen) atoms. The molecule has 3 aliphatic carbocycles. The summed E-state index contributed by atoms with van der Waals surface area (Å²) in [6.45, 7) is 11.3. The molecule has 0 amide bonds. The SMILES string of the molecule is C=C(C)CN=c1scc(-c2ccco2)n1N=CC1=CCC2CC1C2(C)C. The van der Waals surface area contributed by atoms with E-state index in [2.05, 4.69) is 31.5 Å². The number of fused-ring (bicyclic) bond motifs is 1. The van der Waals surface area contributed by atoms with Crippen molar-refractivity contribution in [2.24, 2.45) is 27.3 Å². The summed E-state index contributed by atoms with van der Waals surface area (Å²) in [6, 6.07) is 3.85. The Hall–Kier alpha value is -2.14. The molecule has 2 atom stereocenters. The number of thiazole rings is 1. The maximum absolute atomic E-state index is 5.59. The van der Waals surface area contributed by atoms with Gasteiger partial charge >= 0.3 is 0 Å². The van der Waals surface area contributed by atoms with Crippen molar-refractivity contribution in [1.29, 1.82) is 0 Å². The molecule has 1 fully saturated rings. The summed E-state index contributed by atoms with van der Waals surface area (Å²) in [6.07, 6.45) is 8.53. The highest BCUT2D eigenvalue weighted by molar-refractivity contribution is 7.07. The van der Waals surface area contributed by atoms with Gasteiger partial charge in [-0.25, -0.2) is 4.68 Å². The van der Waals surface area contributed by atoms with Gasteiger partial charge < -0.3 is 4.42 Å². The smallest absolute Gasteiger partial charge is 0.206 e. The third-order valence-electron chi connectivity index (χ3n) is 5.78. The van der Waals surface area contributed by atoms with Crippen LogP contribution >= 0.6 is 11.3 Å². The first-order chi connectivity index (χ1) is 12.5. The molecule has 0 aliphatic heterocycles. The average Bonchev–Trinajstić information content (AvgIpc) is 3.27. The summed E-state index contributed by atoms with van der Waals surface area (Å²) in [5.74, 6) is 2.25. The Morgan fingerprint density at radius 3 is 3.00 bits per heavy atom. The number of nitrogens with zero attached hydrogens (tertiary/aromatic N) is 3. The van der Waals surface area contributed by atoms with Crippen LogP contribution in [0, 0.1) is 17.3 Å². The normalized spacial score (nSPS) is 24.6. The van der Waals surface area contributed by atoms with E-state index in [1.165, 1.54) is 12.0 Å². The van der Waals surface area contributed by atoms with E-state index in [1.54, 1.807) is 17.6 Å². The van der Waals surface area contributed by atoms with Crippen LogP contribution in [0.15, 0.2) is 62.1 Å². The predicted molar refractivity (Wildman–Crippen MR) is 107 cm³/mol. The first-order valence-electron chi connectivity index (χ1n) is 9.10. The van der Waals surface area contributed by atoms with Crippen LogP contribution in [0.25, 0.3) is 11.5 Å². The summed E-state index contributed by atoms with van der Waals surface area (Å²) in [5, 5.41) is 6.86. The quantitative estimate of drug-likeness (QED) is 0.535. The second kappa shape index (κ2) is 6.54. The van der Waals surface area contributed by atoms with Gasteiger partial charge in [-0.3, -0.25) is 4.99 Å². The van der Waals surface area contributed by atoms with Gasteiger partial charge in [0.2, 0.25) is 4.80 Å². The number of aromatic nitrogens is 1. The summed E-state index contributed by atoms with van der Waals surface area (Å²) < 4.78 is 7.48. The fourth-order valence-corrected chi connectivity index (χ4v) is 4.80. The van der Waals surface area contributed by atoms with Crippen molar-refractivity contribution in [3.8, 4) is 11.5 Å². The van der Waals surface area contributed by atoms with Gasteiger partial charge in [0, 0.05) is 5.38 Å². The van der Waals surface area contributed by atoms with Gasteiger partial charge in [-0.15, -0.1) is 11.3 Å². The van der Waals surface area contributed by atoms with Crippen LogP contribution in [0.4, 0.5) is 0 Å². The molecule has 0 aromatic carbocycles. The number of hydrogen-bond donors (Lipinski definition) is 0. The molecule has 2 aromatic rings. The zero-order chi connectivity index (χ0) is 18.3. The standard InChI is InChI=1S/C21H25N3OS/c1-14(2)11-22-20-24(18(13-26-20)19-6-5-9-25-19)23-12-15-7-8-16-10-17(15)21(16,3)4/h5-7,9,12-13,16-17H,1,8,10-11H2,2-4H3. The van der Waals surface area contributed by atoms with E-state index < -0.39 is 0 Å². The molecule has 0 saturated heterocycles. The van der Waals surface area contributed by atoms with Crippen LogP contribution in [-0.4, -0.2) is 17.4 Å². The Kier molecular flexibility index (Phi) is 4.35. The van der Waals surface area contributed by atoms with Gasteiger partial charge in [0.1, 0.15) is 5.69 Å². The molecule has 2 unspecified atom stereocenters. The molecule has 5 heteroatoms. The molecule has 3 aliphatic rings. The van der Waals surface area contributed by atoms with E-state index in [9.17, 15) is 0 Å². The summed E-state index contributed by atoms with van der Waals surface area (Å²) >= 11 is 1.58. The van der Waals surface area contributed by atoms with Crippen LogP contribution in [-0.2, 0) is 0 Å². The lowest BCUT2D eigenvalue weighted by atomic mass is 9.49. The van der Waals surface area contributed by atoms with Crippen molar-refractivity contribution >= 4 is 17.6 Å². The van der Waals surface area contributed by atoms with Crippen LogP contribution in [0.5, 0.6) is 0 Å². The molecular formula is C21H25N3OS. The third-order valence-corrected chi connectivity index (χ3v) is 6.63. The molecule has 5 rings (SSSR count). The highest BCUT2D eigenvalue weighted by atomic mass is 32.1. The third kappa shape index (κ3) is 2.94. The van der Waals surface area contributed by atoms with E-state index in [4.69, 9.17) is 9.52 Å². The second-order valence-corrected chi connectivity index (χ2v) is 8.79. The zero-order valence-corrected chi connectivity index (χ0v) is 16.4. The minimum Gasteiger partial charge on any atom is -0.463 e. The number of hydrogen-bond acceptors (Lipinski definition) is 4. The van der Waals surface area contributed by atoms with Crippen molar-refractivity contribution in [2.45, 2.75) is 33.6 Å². The van der Waals surface area contributed by atoms with E-state index in [1.807, 2.05) is 35.3 Å². The van der Waals surface area contributed by atoms with E-state index in [0.717, 1.165) is 34.2 Å². The minimum atomic E-state index is 0.395. The van der Waals surface area contributed by atoms with Crippen LogP contribution in [0.1, 0.15) is 33.6 Å². The Morgan fingerprint density at radius 2 is 2.35 bits per heavy atom. The highest BCUT2D eigenvalue weighted by Crippen LogP contribution is 2.58. The molecule has 2 aromatic heterocycles. The minimum absolute atomic E-state index is 0.395. The first kappa shape index (κ1) is 17.3. The monoisotopic (exact) mass is 367 g/mol. The fourth-order valence-electron chi connectivity index (χ4n) is 3.99. The largest absolute Gasteiger partial charge is 0.463 e. The maximum atomic E-state index is 5.59. The zero-order valence-electron chi connectivity index (χ0n) is 15.6. The molecule has 2 bridgehead atoms. The van der Waals surface area contributed by atoms with E-state index in [0.29, 0.717) is 17.9 Å². The molecule has 0 N–H and O–H groups in total. The van der Waals surface area contributed by atoms with Crippen molar-refractivity contribution in [1.82, 2.24) is 4.68 Å². The van der Waals surface area contributed by atoms with Crippen LogP contribution in [0.3, 0.4) is 0 Å². The summed E-state index contributed by atoms with van der Waals surface area (Å²) in [5.41, 5.74) is 3.71. The number of allylic oxidation sites excluding steroid dienone is 2.